The summed E-state index contributed by atoms with van der Waals surface area (Å²) >= 11 is 0. The van der Waals surface area contributed by atoms with Crippen LogP contribution in [-0.4, -0.2) is 49.9 Å². The van der Waals surface area contributed by atoms with Gasteiger partial charge in [0.2, 0.25) is 0 Å². The second-order valence-corrected chi connectivity index (χ2v) is 4.19. The molecule has 0 aliphatic rings. The molecule has 7 nitrogen and oxygen atoms in total. The van der Waals surface area contributed by atoms with Crippen molar-refractivity contribution in [2.75, 3.05) is 33.0 Å². The summed E-state index contributed by atoms with van der Waals surface area (Å²) in [5.74, 6) is -0.616. The predicted molar refractivity (Wildman–Crippen MR) is 76.0 cm³/mol. The number of carbonyl (C=O) groups excluding carboxylic acids is 2. The molecule has 0 aliphatic carbocycles. The Balaban J connectivity index is 2.26. The molecule has 0 atom stereocenters. The SMILES string of the molecule is NC(=O)c1ccccc1OCC(=O)NCCCOCCO. The number of para-hydroxylation sites is 1. The summed E-state index contributed by atoms with van der Waals surface area (Å²) in [6.45, 7) is 1.000. The smallest absolute Gasteiger partial charge is 0.257 e. The number of hydrogen-bond acceptors (Lipinski definition) is 5. The van der Waals surface area contributed by atoms with Crippen LogP contribution < -0.4 is 15.8 Å². The van der Waals surface area contributed by atoms with E-state index in [4.69, 9.17) is 20.3 Å². The second-order valence-electron chi connectivity index (χ2n) is 4.19. The van der Waals surface area contributed by atoms with Crippen molar-refractivity contribution in [2.24, 2.45) is 5.73 Å². The molecule has 0 aromatic heterocycles. The van der Waals surface area contributed by atoms with Crippen LogP contribution in [0.1, 0.15) is 16.8 Å². The van der Waals surface area contributed by atoms with Crippen LogP contribution in [0.25, 0.3) is 0 Å². The average molecular weight is 296 g/mol. The highest BCUT2D eigenvalue weighted by Gasteiger charge is 2.09. The lowest BCUT2D eigenvalue weighted by Crippen LogP contribution is -2.30. The first-order valence-electron chi connectivity index (χ1n) is 6.62. The maximum Gasteiger partial charge on any atom is 0.257 e. The van der Waals surface area contributed by atoms with Crippen molar-refractivity contribution in [1.29, 1.82) is 0 Å². The third kappa shape index (κ3) is 6.73. The Morgan fingerprint density at radius 2 is 2.00 bits per heavy atom. The molecule has 1 aromatic rings. The van der Waals surface area contributed by atoms with E-state index in [0.717, 1.165) is 0 Å². The molecule has 0 saturated carbocycles. The molecule has 0 unspecified atom stereocenters. The lowest BCUT2D eigenvalue weighted by molar-refractivity contribution is -0.123. The minimum absolute atomic E-state index is 0.0144. The fourth-order valence-electron chi connectivity index (χ4n) is 1.56. The number of nitrogens with two attached hydrogens (primary N) is 1. The van der Waals surface area contributed by atoms with Crippen LogP contribution in [0.2, 0.25) is 0 Å². The minimum Gasteiger partial charge on any atom is -0.483 e. The molecule has 0 spiro atoms. The third-order valence-corrected chi connectivity index (χ3v) is 2.53. The third-order valence-electron chi connectivity index (χ3n) is 2.53. The Kier molecular flexibility index (Phi) is 7.85. The van der Waals surface area contributed by atoms with Crippen LogP contribution in [0, 0.1) is 0 Å². The molecule has 2 amide bonds. The standard InChI is InChI=1S/C14H20N2O5/c15-14(19)11-4-1-2-5-12(11)21-10-13(18)16-6-3-8-20-9-7-17/h1-2,4-5,17H,3,6-10H2,(H2,15,19)(H,16,18). The molecule has 4 N–H and O–H groups in total. The fourth-order valence-corrected chi connectivity index (χ4v) is 1.56. The second kappa shape index (κ2) is 9.73. The van der Waals surface area contributed by atoms with Crippen LogP contribution in [0.15, 0.2) is 24.3 Å². The lowest BCUT2D eigenvalue weighted by Gasteiger charge is -2.09. The van der Waals surface area contributed by atoms with Crippen LogP contribution in [0.3, 0.4) is 0 Å². The van der Waals surface area contributed by atoms with Gasteiger partial charge in [0.25, 0.3) is 11.8 Å². The predicted octanol–water partition coefficient (Wildman–Crippen LogP) is -0.321. The first-order valence-corrected chi connectivity index (χ1v) is 6.62. The van der Waals surface area contributed by atoms with Gasteiger partial charge >= 0.3 is 0 Å². The number of aliphatic hydroxyl groups is 1. The van der Waals surface area contributed by atoms with Crippen molar-refractivity contribution in [3.63, 3.8) is 0 Å². The summed E-state index contributed by atoms with van der Waals surface area (Å²) in [4.78, 5) is 22.7. The van der Waals surface area contributed by atoms with E-state index in [1.54, 1.807) is 18.2 Å². The van der Waals surface area contributed by atoms with Crippen molar-refractivity contribution in [3.8, 4) is 5.75 Å². The van der Waals surface area contributed by atoms with Crippen molar-refractivity contribution < 1.29 is 24.2 Å². The molecule has 0 saturated heterocycles. The zero-order valence-electron chi connectivity index (χ0n) is 11.7. The number of primary amides is 1. The van der Waals surface area contributed by atoms with Crippen molar-refractivity contribution in [3.05, 3.63) is 29.8 Å². The van der Waals surface area contributed by atoms with Gasteiger partial charge < -0.3 is 25.6 Å². The molecule has 0 fully saturated rings. The topological polar surface area (TPSA) is 111 Å². The first kappa shape index (κ1) is 16.9. The highest BCUT2D eigenvalue weighted by molar-refractivity contribution is 5.95. The van der Waals surface area contributed by atoms with Gasteiger partial charge in [-0.3, -0.25) is 9.59 Å². The number of rotatable bonds is 10. The Hall–Kier alpha value is -2.12. The number of amides is 2. The zero-order valence-corrected chi connectivity index (χ0v) is 11.7. The molecule has 21 heavy (non-hydrogen) atoms. The fraction of sp³-hybridized carbons (Fsp3) is 0.429. The highest BCUT2D eigenvalue weighted by atomic mass is 16.5. The Labute approximate surface area is 123 Å². The van der Waals surface area contributed by atoms with Gasteiger partial charge in [-0.2, -0.15) is 0 Å². The molecule has 116 valence electrons. The van der Waals surface area contributed by atoms with Gasteiger partial charge in [-0.1, -0.05) is 12.1 Å². The molecule has 0 heterocycles. The van der Waals surface area contributed by atoms with E-state index in [1.165, 1.54) is 6.07 Å². The Bertz CT molecular complexity index is 464. The van der Waals surface area contributed by atoms with Gasteiger partial charge in [0.05, 0.1) is 18.8 Å². The van der Waals surface area contributed by atoms with Crippen molar-refractivity contribution in [2.45, 2.75) is 6.42 Å². The number of carbonyl (C=O) groups is 2. The summed E-state index contributed by atoms with van der Waals surface area (Å²) in [6.07, 6.45) is 0.642. The number of benzene rings is 1. The molecule has 1 aromatic carbocycles. The normalized spacial score (nSPS) is 10.1. The van der Waals surface area contributed by atoms with E-state index in [9.17, 15) is 9.59 Å². The van der Waals surface area contributed by atoms with E-state index < -0.39 is 5.91 Å². The van der Waals surface area contributed by atoms with E-state index in [-0.39, 0.29) is 30.4 Å². The van der Waals surface area contributed by atoms with Crippen LogP contribution in [-0.2, 0) is 9.53 Å². The van der Waals surface area contributed by atoms with E-state index in [0.29, 0.717) is 26.2 Å². The lowest BCUT2D eigenvalue weighted by atomic mass is 10.2. The number of hydrogen-bond donors (Lipinski definition) is 3. The summed E-state index contributed by atoms with van der Waals surface area (Å²) in [7, 11) is 0. The van der Waals surface area contributed by atoms with E-state index >= 15 is 0 Å². The molecule has 0 aliphatic heterocycles. The van der Waals surface area contributed by atoms with Gasteiger partial charge in [-0.25, -0.2) is 0 Å². The zero-order chi connectivity index (χ0) is 15.5. The molecule has 7 heteroatoms. The monoisotopic (exact) mass is 296 g/mol. The van der Waals surface area contributed by atoms with Gasteiger partial charge in [0, 0.05) is 13.2 Å². The number of aliphatic hydroxyl groups excluding tert-OH is 1. The van der Waals surface area contributed by atoms with Gasteiger partial charge in [-0.05, 0) is 18.6 Å². The van der Waals surface area contributed by atoms with E-state index in [2.05, 4.69) is 5.32 Å². The van der Waals surface area contributed by atoms with Gasteiger partial charge in [0.1, 0.15) is 5.75 Å². The quantitative estimate of drug-likeness (QED) is 0.512. The summed E-state index contributed by atoms with van der Waals surface area (Å²) in [6, 6.07) is 6.47. The largest absolute Gasteiger partial charge is 0.483 e. The maximum absolute atomic E-state index is 11.6. The number of nitrogens with one attached hydrogen (secondary N) is 1. The number of ether oxygens (including phenoxy) is 2. The van der Waals surface area contributed by atoms with Gasteiger partial charge in [0.15, 0.2) is 6.61 Å². The first-order chi connectivity index (χ1) is 10.1. The van der Waals surface area contributed by atoms with Crippen molar-refractivity contribution >= 4 is 11.8 Å². The summed E-state index contributed by atoms with van der Waals surface area (Å²) in [5, 5.41) is 11.2. The molecular weight excluding hydrogens is 276 g/mol. The Morgan fingerprint density at radius 3 is 2.71 bits per heavy atom. The Morgan fingerprint density at radius 1 is 1.24 bits per heavy atom. The molecule has 0 bridgehead atoms. The van der Waals surface area contributed by atoms with Gasteiger partial charge in [-0.15, -0.1) is 0 Å². The molecule has 1 rings (SSSR count). The minimum atomic E-state index is -0.605. The van der Waals surface area contributed by atoms with Crippen molar-refractivity contribution in [1.82, 2.24) is 5.32 Å². The summed E-state index contributed by atoms with van der Waals surface area (Å²) < 4.78 is 10.3. The highest BCUT2D eigenvalue weighted by Crippen LogP contribution is 2.16. The average Bonchev–Trinajstić information content (AvgIpc) is 2.49. The molecular formula is C14H20N2O5. The van der Waals surface area contributed by atoms with E-state index in [1.807, 2.05) is 0 Å². The van der Waals surface area contributed by atoms with Crippen LogP contribution in [0.5, 0.6) is 5.75 Å². The summed E-state index contributed by atoms with van der Waals surface area (Å²) in [5.41, 5.74) is 5.45. The van der Waals surface area contributed by atoms with Crippen LogP contribution >= 0.6 is 0 Å². The van der Waals surface area contributed by atoms with Crippen LogP contribution in [0.4, 0.5) is 0 Å². The molecule has 0 radical (unpaired) electrons. The maximum atomic E-state index is 11.6.